The summed E-state index contributed by atoms with van der Waals surface area (Å²) in [5.74, 6) is 0.656. The number of furan rings is 1. The van der Waals surface area contributed by atoms with Crippen LogP contribution in [0.5, 0.6) is 0 Å². The molecule has 2 aromatic heterocycles. The van der Waals surface area contributed by atoms with Crippen molar-refractivity contribution in [3.05, 3.63) is 66.4 Å². The van der Waals surface area contributed by atoms with Crippen molar-refractivity contribution >= 4 is 5.91 Å². The Morgan fingerprint density at radius 2 is 2.00 bits per heavy atom. The Morgan fingerprint density at radius 1 is 1.16 bits per heavy atom. The lowest BCUT2D eigenvalue weighted by Crippen LogP contribution is -2.48. The van der Waals surface area contributed by atoms with Crippen LogP contribution in [-0.4, -0.2) is 35.0 Å². The van der Waals surface area contributed by atoms with Crippen LogP contribution in [-0.2, 0) is 4.74 Å². The van der Waals surface area contributed by atoms with Gasteiger partial charge in [0, 0.05) is 0 Å². The summed E-state index contributed by atoms with van der Waals surface area (Å²) in [6, 6.07) is 13.4. The van der Waals surface area contributed by atoms with Crippen LogP contribution in [0.25, 0.3) is 11.5 Å². The minimum atomic E-state index is -0.183. The molecule has 0 saturated carbocycles. The maximum Gasteiger partial charge on any atom is 0.277 e. The Hall–Kier alpha value is -2.86. The van der Waals surface area contributed by atoms with E-state index < -0.39 is 0 Å². The number of hydrogen-bond donors (Lipinski definition) is 0. The smallest absolute Gasteiger partial charge is 0.277 e. The fourth-order valence-corrected chi connectivity index (χ4v) is 3.03. The van der Waals surface area contributed by atoms with Crippen molar-refractivity contribution in [3.8, 4) is 11.5 Å². The number of amides is 1. The highest BCUT2D eigenvalue weighted by Gasteiger charge is 2.34. The van der Waals surface area contributed by atoms with Gasteiger partial charge in [0.15, 0.2) is 17.8 Å². The summed E-state index contributed by atoms with van der Waals surface area (Å²) >= 11 is 0. The first-order valence-electron chi connectivity index (χ1n) is 8.19. The molecule has 3 heterocycles. The molecule has 25 heavy (non-hydrogen) atoms. The lowest BCUT2D eigenvalue weighted by molar-refractivity contribution is -0.0488. The third-order valence-electron chi connectivity index (χ3n) is 4.38. The molecule has 1 amide bonds. The maximum atomic E-state index is 13.1. The van der Waals surface area contributed by atoms with E-state index in [1.54, 1.807) is 17.0 Å². The van der Waals surface area contributed by atoms with Gasteiger partial charge in [0.1, 0.15) is 6.10 Å². The van der Waals surface area contributed by atoms with Crippen molar-refractivity contribution in [2.75, 3.05) is 13.2 Å². The minimum Gasteiger partial charge on any atom is -0.461 e. The summed E-state index contributed by atoms with van der Waals surface area (Å²) in [7, 11) is 0. The molecule has 0 radical (unpaired) electrons. The second kappa shape index (κ2) is 6.57. The van der Waals surface area contributed by atoms with Crippen molar-refractivity contribution in [2.45, 2.75) is 19.1 Å². The highest BCUT2D eigenvalue weighted by molar-refractivity contribution is 5.97. The summed E-state index contributed by atoms with van der Waals surface area (Å²) in [5, 5.41) is 0. The van der Waals surface area contributed by atoms with E-state index in [2.05, 4.69) is 4.98 Å². The molecule has 0 aliphatic carbocycles. The molecular formula is C19H18N2O4. The lowest BCUT2D eigenvalue weighted by atomic mass is 10.1. The minimum absolute atomic E-state index is 0.0476. The highest BCUT2D eigenvalue weighted by atomic mass is 16.5. The van der Waals surface area contributed by atoms with Gasteiger partial charge in [0.2, 0.25) is 5.76 Å². The van der Waals surface area contributed by atoms with E-state index in [1.807, 2.05) is 37.3 Å². The van der Waals surface area contributed by atoms with Gasteiger partial charge in [0.25, 0.3) is 5.91 Å². The number of morpholine rings is 1. The zero-order valence-electron chi connectivity index (χ0n) is 13.8. The Labute approximate surface area is 145 Å². The summed E-state index contributed by atoms with van der Waals surface area (Å²) < 4.78 is 16.6. The quantitative estimate of drug-likeness (QED) is 0.731. The SMILES string of the molecule is C[C@@H]1CO[C@@H](c2ccccc2)CN1C(=O)c1ncoc1-c1ccco1. The molecule has 1 saturated heterocycles. The second-order valence-electron chi connectivity index (χ2n) is 6.05. The molecule has 1 fully saturated rings. The van der Waals surface area contributed by atoms with Crippen LogP contribution >= 0.6 is 0 Å². The standard InChI is InChI=1S/C19H18N2O4/c1-13-11-24-16(14-6-3-2-4-7-14)10-21(13)19(22)17-18(25-12-20-17)15-8-5-9-23-15/h2-9,12-13,16H,10-11H2,1H3/t13-,16-/m1/s1. The molecular weight excluding hydrogens is 320 g/mol. The summed E-state index contributed by atoms with van der Waals surface area (Å²) in [5.41, 5.74) is 1.31. The van der Waals surface area contributed by atoms with Crippen LogP contribution in [0.3, 0.4) is 0 Å². The van der Waals surface area contributed by atoms with Crippen molar-refractivity contribution in [3.63, 3.8) is 0 Å². The van der Waals surface area contributed by atoms with E-state index in [0.717, 1.165) is 5.56 Å². The van der Waals surface area contributed by atoms with Gasteiger partial charge in [-0.25, -0.2) is 4.98 Å². The number of aromatic nitrogens is 1. The first-order valence-corrected chi connectivity index (χ1v) is 8.19. The Morgan fingerprint density at radius 3 is 2.76 bits per heavy atom. The number of ether oxygens (including phenoxy) is 1. The van der Waals surface area contributed by atoms with Crippen LogP contribution in [0.15, 0.2) is 64.0 Å². The first kappa shape index (κ1) is 15.7. The Bertz CT molecular complexity index is 841. The fraction of sp³-hybridized carbons (Fsp3) is 0.263. The molecule has 128 valence electrons. The van der Waals surface area contributed by atoms with Crippen LogP contribution in [0.4, 0.5) is 0 Å². The van der Waals surface area contributed by atoms with Gasteiger partial charge in [-0.2, -0.15) is 0 Å². The molecule has 3 aromatic rings. The van der Waals surface area contributed by atoms with Crippen LogP contribution in [0, 0.1) is 0 Å². The topological polar surface area (TPSA) is 68.7 Å². The van der Waals surface area contributed by atoms with Crippen molar-refractivity contribution in [1.29, 1.82) is 0 Å². The molecule has 0 N–H and O–H groups in total. The number of oxazole rings is 1. The average molecular weight is 338 g/mol. The molecule has 1 aliphatic rings. The van der Waals surface area contributed by atoms with Gasteiger partial charge in [0.05, 0.1) is 25.5 Å². The van der Waals surface area contributed by atoms with Gasteiger partial charge < -0.3 is 18.5 Å². The molecule has 0 spiro atoms. The summed E-state index contributed by atoms with van der Waals surface area (Å²) in [4.78, 5) is 19.0. The van der Waals surface area contributed by atoms with E-state index >= 15 is 0 Å². The Kier molecular flexibility index (Phi) is 4.11. The van der Waals surface area contributed by atoms with Gasteiger partial charge in [-0.3, -0.25) is 4.79 Å². The van der Waals surface area contributed by atoms with Crippen molar-refractivity contribution in [2.24, 2.45) is 0 Å². The summed E-state index contributed by atoms with van der Waals surface area (Å²) in [6.07, 6.45) is 2.65. The molecule has 4 rings (SSSR count). The first-order chi connectivity index (χ1) is 12.2. The van der Waals surface area contributed by atoms with Crippen LogP contribution < -0.4 is 0 Å². The average Bonchev–Trinajstić information content (AvgIpc) is 3.33. The molecule has 6 nitrogen and oxygen atoms in total. The van der Waals surface area contributed by atoms with E-state index in [-0.39, 0.29) is 23.7 Å². The predicted molar refractivity (Wildman–Crippen MR) is 89.8 cm³/mol. The predicted octanol–water partition coefficient (Wildman–Crippen LogP) is 3.54. The molecule has 0 bridgehead atoms. The van der Waals surface area contributed by atoms with Crippen LogP contribution in [0.1, 0.15) is 29.1 Å². The largest absolute Gasteiger partial charge is 0.461 e. The number of rotatable bonds is 3. The zero-order chi connectivity index (χ0) is 17.2. The molecule has 1 aliphatic heterocycles. The van der Waals surface area contributed by atoms with Crippen molar-refractivity contribution < 1.29 is 18.4 Å². The monoisotopic (exact) mass is 338 g/mol. The number of carbonyl (C=O) groups excluding carboxylic acids is 1. The number of benzene rings is 1. The Balaban J connectivity index is 1.60. The highest BCUT2D eigenvalue weighted by Crippen LogP contribution is 2.29. The molecule has 1 aromatic carbocycles. The number of nitrogens with zero attached hydrogens (tertiary/aromatic N) is 2. The zero-order valence-corrected chi connectivity index (χ0v) is 13.8. The number of carbonyl (C=O) groups is 1. The summed E-state index contributed by atoms with van der Waals surface area (Å²) in [6.45, 7) is 2.90. The third kappa shape index (κ3) is 2.96. The van der Waals surface area contributed by atoms with E-state index in [1.165, 1.54) is 12.7 Å². The normalized spacial score (nSPS) is 20.6. The third-order valence-corrected chi connectivity index (χ3v) is 4.38. The van der Waals surface area contributed by atoms with Crippen LogP contribution in [0.2, 0.25) is 0 Å². The van der Waals surface area contributed by atoms with E-state index in [4.69, 9.17) is 13.6 Å². The van der Waals surface area contributed by atoms with Crippen molar-refractivity contribution in [1.82, 2.24) is 9.88 Å². The maximum absolute atomic E-state index is 13.1. The van der Waals surface area contributed by atoms with Gasteiger partial charge in [-0.15, -0.1) is 0 Å². The number of hydrogen-bond acceptors (Lipinski definition) is 5. The lowest BCUT2D eigenvalue weighted by Gasteiger charge is -2.37. The van der Waals surface area contributed by atoms with E-state index in [0.29, 0.717) is 24.7 Å². The second-order valence-corrected chi connectivity index (χ2v) is 6.05. The van der Waals surface area contributed by atoms with E-state index in [9.17, 15) is 4.79 Å². The molecule has 0 unspecified atom stereocenters. The van der Waals surface area contributed by atoms with Gasteiger partial charge >= 0.3 is 0 Å². The fourth-order valence-electron chi connectivity index (χ4n) is 3.03. The van der Waals surface area contributed by atoms with Gasteiger partial charge in [-0.05, 0) is 24.6 Å². The molecule has 6 heteroatoms. The van der Waals surface area contributed by atoms with Gasteiger partial charge in [-0.1, -0.05) is 30.3 Å². The molecule has 2 atom stereocenters.